The summed E-state index contributed by atoms with van der Waals surface area (Å²) >= 11 is 0. The first-order valence-electron chi connectivity index (χ1n) is 5.51. The molecule has 0 unspecified atom stereocenters. The van der Waals surface area contributed by atoms with Crippen LogP contribution in [0.25, 0.3) is 0 Å². The van der Waals surface area contributed by atoms with Gasteiger partial charge >= 0.3 is 11.9 Å². The number of carboxylic acids is 1. The summed E-state index contributed by atoms with van der Waals surface area (Å²) in [5, 5.41) is 10.4. The number of nitrogens with one attached hydrogen (secondary N) is 1. The summed E-state index contributed by atoms with van der Waals surface area (Å²) in [5.41, 5.74) is 0.0720. The van der Waals surface area contributed by atoms with Crippen molar-refractivity contribution >= 4 is 17.6 Å². The number of amides is 1. The van der Waals surface area contributed by atoms with Gasteiger partial charge in [0.2, 0.25) is 0 Å². The van der Waals surface area contributed by atoms with E-state index < -0.39 is 17.7 Å². The molecule has 0 fully saturated rings. The fourth-order valence-corrected chi connectivity index (χ4v) is 1.21. The molecule has 0 aromatic heterocycles. The lowest BCUT2D eigenvalue weighted by atomic mass is 10.3. The van der Waals surface area contributed by atoms with E-state index in [0.29, 0.717) is 6.61 Å². The van der Waals surface area contributed by atoms with Crippen LogP contribution in [-0.4, -0.2) is 23.6 Å². The molecule has 0 aliphatic rings. The molecule has 0 spiro atoms. The lowest BCUT2D eigenvalue weighted by Gasteiger charge is -2.08. The van der Waals surface area contributed by atoms with Crippen molar-refractivity contribution in [2.24, 2.45) is 0 Å². The first kappa shape index (κ1) is 14.0. The maximum atomic E-state index is 13.5. The molecule has 0 aliphatic carbocycles. The Labute approximate surface area is 104 Å². The molecule has 1 aromatic carbocycles. The van der Waals surface area contributed by atoms with Gasteiger partial charge in [-0.25, -0.2) is 9.18 Å². The highest BCUT2D eigenvalue weighted by atomic mass is 19.1. The van der Waals surface area contributed by atoms with Crippen LogP contribution in [-0.2, 0) is 9.59 Å². The van der Waals surface area contributed by atoms with Crippen LogP contribution in [0.4, 0.5) is 10.1 Å². The Morgan fingerprint density at radius 3 is 2.72 bits per heavy atom. The zero-order chi connectivity index (χ0) is 13.5. The average Bonchev–Trinajstić information content (AvgIpc) is 2.32. The second-order valence-corrected chi connectivity index (χ2v) is 3.61. The molecular formula is C12H14FNO4. The molecule has 0 bridgehead atoms. The SMILES string of the molecule is CCCCOc1ccc(NC(=O)C(=O)O)cc1F. The minimum Gasteiger partial charge on any atom is -0.491 e. The second kappa shape index (κ2) is 6.58. The van der Waals surface area contributed by atoms with Crippen LogP contribution in [0, 0.1) is 5.82 Å². The Kier molecular flexibility index (Phi) is 5.10. The molecule has 0 aliphatic heterocycles. The van der Waals surface area contributed by atoms with Crippen molar-refractivity contribution in [1.29, 1.82) is 0 Å². The first-order valence-corrected chi connectivity index (χ1v) is 5.51. The highest BCUT2D eigenvalue weighted by Crippen LogP contribution is 2.21. The second-order valence-electron chi connectivity index (χ2n) is 3.61. The van der Waals surface area contributed by atoms with Crippen molar-refractivity contribution < 1.29 is 23.8 Å². The van der Waals surface area contributed by atoms with Gasteiger partial charge in [-0.3, -0.25) is 4.79 Å². The van der Waals surface area contributed by atoms with Crippen molar-refractivity contribution in [1.82, 2.24) is 0 Å². The van der Waals surface area contributed by atoms with E-state index in [1.54, 1.807) is 0 Å². The topological polar surface area (TPSA) is 75.6 Å². The quantitative estimate of drug-likeness (QED) is 0.623. The zero-order valence-corrected chi connectivity index (χ0v) is 9.90. The molecule has 0 saturated carbocycles. The summed E-state index contributed by atoms with van der Waals surface area (Å²) in [6.45, 7) is 2.40. The van der Waals surface area contributed by atoms with E-state index in [0.717, 1.165) is 18.9 Å². The molecule has 1 aromatic rings. The van der Waals surface area contributed by atoms with Crippen LogP contribution in [0.15, 0.2) is 18.2 Å². The monoisotopic (exact) mass is 255 g/mol. The Morgan fingerprint density at radius 2 is 2.17 bits per heavy atom. The van der Waals surface area contributed by atoms with E-state index in [1.807, 2.05) is 12.2 Å². The minimum atomic E-state index is -1.63. The van der Waals surface area contributed by atoms with Crippen molar-refractivity contribution in [3.05, 3.63) is 24.0 Å². The molecule has 0 atom stereocenters. The van der Waals surface area contributed by atoms with Gasteiger partial charge in [0.1, 0.15) is 0 Å². The third kappa shape index (κ3) is 4.04. The Balaban J connectivity index is 2.67. The van der Waals surface area contributed by atoms with Crippen molar-refractivity contribution in [3.8, 4) is 5.75 Å². The summed E-state index contributed by atoms with van der Waals surface area (Å²) in [7, 11) is 0. The number of hydrogen-bond acceptors (Lipinski definition) is 3. The van der Waals surface area contributed by atoms with Crippen LogP contribution in [0.3, 0.4) is 0 Å². The highest BCUT2D eigenvalue weighted by molar-refractivity contribution is 6.36. The molecule has 98 valence electrons. The largest absolute Gasteiger partial charge is 0.491 e. The van der Waals surface area contributed by atoms with Crippen LogP contribution in [0.5, 0.6) is 5.75 Å². The van der Waals surface area contributed by atoms with E-state index in [2.05, 4.69) is 0 Å². The maximum absolute atomic E-state index is 13.5. The van der Waals surface area contributed by atoms with Gasteiger partial charge in [-0.2, -0.15) is 0 Å². The predicted molar refractivity (Wildman–Crippen MR) is 63.1 cm³/mol. The number of unbranched alkanes of at least 4 members (excludes halogenated alkanes) is 1. The summed E-state index contributed by atoms with van der Waals surface area (Å²) in [5.74, 6) is -3.40. The van der Waals surface area contributed by atoms with Gasteiger partial charge in [0.05, 0.1) is 6.61 Å². The standard InChI is InChI=1S/C12H14FNO4/c1-2-3-6-18-10-5-4-8(7-9(10)13)14-11(15)12(16)17/h4-5,7H,2-3,6H2,1H3,(H,14,15)(H,16,17). The number of carboxylic acid groups (broad SMARTS) is 1. The lowest BCUT2D eigenvalue weighted by Crippen LogP contribution is -2.21. The number of ether oxygens (including phenoxy) is 1. The number of halogens is 1. The number of carbonyl (C=O) groups is 2. The van der Waals surface area contributed by atoms with E-state index in [1.165, 1.54) is 12.1 Å². The average molecular weight is 255 g/mol. The number of carbonyl (C=O) groups excluding carboxylic acids is 1. The summed E-state index contributed by atoms with van der Waals surface area (Å²) in [4.78, 5) is 21.2. The van der Waals surface area contributed by atoms with Gasteiger partial charge in [-0.1, -0.05) is 13.3 Å². The number of aliphatic carboxylic acids is 1. The molecule has 6 heteroatoms. The number of anilines is 1. The maximum Gasteiger partial charge on any atom is 0.394 e. The molecular weight excluding hydrogens is 241 g/mol. The summed E-state index contributed by atoms with van der Waals surface area (Å²) in [6, 6.07) is 3.75. The lowest BCUT2D eigenvalue weighted by molar-refractivity contribution is -0.147. The molecule has 2 N–H and O–H groups in total. The van der Waals surface area contributed by atoms with Gasteiger partial charge < -0.3 is 15.2 Å². The summed E-state index contributed by atoms with van der Waals surface area (Å²) < 4.78 is 18.7. The fraction of sp³-hybridized carbons (Fsp3) is 0.333. The number of rotatable bonds is 5. The summed E-state index contributed by atoms with van der Waals surface area (Å²) in [6.07, 6.45) is 1.76. The molecule has 5 nitrogen and oxygen atoms in total. The fourth-order valence-electron chi connectivity index (χ4n) is 1.21. The van der Waals surface area contributed by atoms with E-state index in [9.17, 15) is 14.0 Å². The molecule has 0 heterocycles. The zero-order valence-electron chi connectivity index (χ0n) is 9.90. The minimum absolute atomic E-state index is 0.0720. The van der Waals surface area contributed by atoms with E-state index >= 15 is 0 Å². The molecule has 0 radical (unpaired) electrons. The van der Waals surface area contributed by atoms with Gasteiger partial charge in [0.15, 0.2) is 11.6 Å². The van der Waals surface area contributed by atoms with E-state index in [-0.39, 0.29) is 11.4 Å². The van der Waals surface area contributed by atoms with Gasteiger partial charge in [0, 0.05) is 11.8 Å². The van der Waals surface area contributed by atoms with Crippen LogP contribution < -0.4 is 10.1 Å². The van der Waals surface area contributed by atoms with Crippen LogP contribution in [0.2, 0.25) is 0 Å². The number of hydrogen-bond donors (Lipinski definition) is 2. The molecule has 18 heavy (non-hydrogen) atoms. The molecule has 0 saturated heterocycles. The van der Waals surface area contributed by atoms with Gasteiger partial charge in [-0.15, -0.1) is 0 Å². The van der Waals surface area contributed by atoms with Crippen LogP contribution >= 0.6 is 0 Å². The van der Waals surface area contributed by atoms with E-state index in [4.69, 9.17) is 9.84 Å². The third-order valence-corrected chi connectivity index (χ3v) is 2.14. The van der Waals surface area contributed by atoms with Crippen molar-refractivity contribution in [2.45, 2.75) is 19.8 Å². The predicted octanol–water partition coefficient (Wildman–Crippen LogP) is 2.03. The first-order chi connectivity index (χ1) is 8.54. The highest BCUT2D eigenvalue weighted by Gasteiger charge is 2.12. The Morgan fingerprint density at radius 1 is 1.44 bits per heavy atom. The number of benzene rings is 1. The molecule has 1 rings (SSSR count). The normalized spacial score (nSPS) is 9.89. The Hall–Kier alpha value is -2.11. The smallest absolute Gasteiger partial charge is 0.394 e. The third-order valence-electron chi connectivity index (χ3n) is 2.14. The van der Waals surface area contributed by atoms with Gasteiger partial charge in [-0.05, 0) is 18.6 Å². The Bertz CT molecular complexity index is 448. The van der Waals surface area contributed by atoms with Crippen molar-refractivity contribution in [3.63, 3.8) is 0 Å². The van der Waals surface area contributed by atoms with Crippen molar-refractivity contribution in [2.75, 3.05) is 11.9 Å². The molecule has 1 amide bonds. The van der Waals surface area contributed by atoms with Gasteiger partial charge in [0.25, 0.3) is 0 Å². The van der Waals surface area contributed by atoms with Crippen LogP contribution in [0.1, 0.15) is 19.8 Å².